The van der Waals surface area contributed by atoms with E-state index in [0.717, 1.165) is 10.0 Å². The van der Waals surface area contributed by atoms with E-state index in [9.17, 15) is 10.1 Å². The summed E-state index contributed by atoms with van der Waals surface area (Å²) in [6.45, 7) is 7.15. The van der Waals surface area contributed by atoms with Crippen LogP contribution in [0.25, 0.3) is 0 Å². The van der Waals surface area contributed by atoms with Crippen molar-refractivity contribution in [2.75, 3.05) is 0 Å². The molecule has 5 heteroatoms. The Kier molecular flexibility index (Phi) is 5.08. The van der Waals surface area contributed by atoms with Crippen LogP contribution < -0.4 is 5.32 Å². The minimum Gasteiger partial charge on any atom is -0.310 e. The van der Waals surface area contributed by atoms with Gasteiger partial charge in [0.25, 0.3) is 5.69 Å². The Morgan fingerprint density at radius 2 is 2.06 bits per heavy atom. The van der Waals surface area contributed by atoms with E-state index in [0.29, 0.717) is 18.5 Å². The summed E-state index contributed by atoms with van der Waals surface area (Å²) in [5.74, 6) is 0.562. The van der Waals surface area contributed by atoms with Crippen molar-refractivity contribution in [1.82, 2.24) is 5.32 Å². The molecule has 1 aromatic carbocycles. The van der Waals surface area contributed by atoms with Crippen molar-refractivity contribution < 1.29 is 4.92 Å². The van der Waals surface area contributed by atoms with Gasteiger partial charge in [-0.15, -0.1) is 0 Å². The van der Waals surface area contributed by atoms with Gasteiger partial charge in [0, 0.05) is 29.2 Å². The largest absolute Gasteiger partial charge is 0.310 e. The highest BCUT2D eigenvalue weighted by Crippen LogP contribution is 2.23. The fourth-order valence-corrected chi connectivity index (χ4v) is 1.81. The lowest BCUT2D eigenvalue weighted by molar-refractivity contribution is -0.384. The number of halogens is 1. The molecule has 1 N–H and O–H groups in total. The number of non-ortho nitro benzene ring substituents is 1. The second-order valence-corrected chi connectivity index (χ2v) is 5.30. The molecule has 17 heavy (non-hydrogen) atoms. The highest BCUT2D eigenvalue weighted by atomic mass is 79.9. The van der Waals surface area contributed by atoms with Crippen LogP contribution in [0.3, 0.4) is 0 Å². The molecular formula is C12H17BrN2O2. The third-order valence-corrected chi connectivity index (χ3v) is 3.60. The maximum absolute atomic E-state index is 10.6. The first-order chi connectivity index (χ1) is 7.91. The van der Waals surface area contributed by atoms with Gasteiger partial charge in [0.2, 0.25) is 0 Å². The smallest absolute Gasteiger partial charge is 0.270 e. The number of hydrogen-bond acceptors (Lipinski definition) is 3. The van der Waals surface area contributed by atoms with Gasteiger partial charge < -0.3 is 5.32 Å². The van der Waals surface area contributed by atoms with E-state index < -0.39 is 4.92 Å². The Labute approximate surface area is 110 Å². The molecule has 1 unspecified atom stereocenters. The van der Waals surface area contributed by atoms with Crippen molar-refractivity contribution >= 4 is 21.6 Å². The number of nitrogens with zero attached hydrogens (tertiary/aromatic N) is 1. The average molecular weight is 301 g/mol. The number of hydrogen-bond donors (Lipinski definition) is 1. The van der Waals surface area contributed by atoms with Crippen LogP contribution in [-0.4, -0.2) is 11.0 Å². The molecule has 0 aliphatic rings. The fraction of sp³-hybridized carbons (Fsp3) is 0.500. The van der Waals surface area contributed by atoms with Gasteiger partial charge in [0.1, 0.15) is 0 Å². The number of nitrogens with one attached hydrogen (secondary N) is 1. The molecule has 0 aliphatic carbocycles. The van der Waals surface area contributed by atoms with Crippen molar-refractivity contribution in [3.8, 4) is 0 Å². The van der Waals surface area contributed by atoms with Crippen molar-refractivity contribution in [2.45, 2.75) is 33.4 Å². The minimum absolute atomic E-state index is 0.109. The average Bonchev–Trinajstić information content (AvgIpc) is 2.26. The number of benzene rings is 1. The quantitative estimate of drug-likeness (QED) is 0.669. The van der Waals surface area contributed by atoms with Crippen LogP contribution in [0.4, 0.5) is 5.69 Å². The first kappa shape index (κ1) is 14.1. The van der Waals surface area contributed by atoms with Gasteiger partial charge in [-0.1, -0.05) is 29.8 Å². The normalized spacial score (nSPS) is 12.8. The molecule has 1 rings (SSSR count). The Morgan fingerprint density at radius 3 is 2.53 bits per heavy atom. The van der Waals surface area contributed by atoms with E-state index in [4.69, 9.17) is 0 Å². The maximum Gasteiger partial charge on any atom is 0.270 e. The zero-order chi connectivity index (χ0) is 13.0. The molecule has 0 fully saturated rings. The fourth-order valence-electron chi connectivity index (χ4n) is 1.30. The highest BCUT2D eigenvalue weighted by Gasteiger charge is 2.11. The molecule has 0 aliphatic heterocycles. The molecule has 0 heterocycles. The number of nitro benzene ring substituents is 1. The van der Waals surface area contributed by atoms with Gasteiger partial charge in [-0.2, -0.15) is 0 Å². The topological polar surface area (TPSA) is 55.2 Å². The van der Waals surface area contributed by atoms with E-state index in [1.54, 1.807) is 6.07 Å². The Morgan fingerprint density at radius 1 is 1.41 bits per heavy atom. The molecule has 4 nitrogen and oxygen atoms in total. The molecule has 0 bridgehead atoms. The zero-order valence-electron chi connectivity index (χ0n) is 10.2. The summed E-state index contributed by atoms with van der Waals surface area (Å²) in [4.78, 5) is 10.2. The lowest BCUT2D eigenvalue weighted by atomic mass is 10.1. The molecule has 0 saturated carbocycles. The summed E-state index contributed by atoms with van der Waals surface area (Å²) in [6.07, 6.45) is 0. The maximum atomic E-state index is 10.6. The summed E-state index contributed by atoms with van der Waals surface area (Å²) in [5, 5.41) is 14.0. The zero-order valence-corrected chi connectivity index (χ0v) is 11.8. The van der Waals surface area contributed by atoms with Crippen LogP contribution >= 0.6 is 15.9 Å². The molecule has 1 aromatic rings. The van der Waals surface area contributed by atoms with Crippen molar-refractivity contribution in [3.05, 3.63) is 38.3 Å². The van der Waals surface area contributed by atoms with Crippen molar-refractivity contribution in [2.24, 2.45) is 5.92 Å². The first-order valence-corrected chi connectivity index (χ1v) is 6.37. The number of rotatable bonds is 5. The van der Waals surface area contributed by atoms with E-state index >= 15 is 0 Å². The van der Waals surface area contributed by atoms with Gasteiger partial charge in [0.15, 0.2) is 0 Å². The standard InChI is InChI=1S/C12H17BrN2O2/c1-8(2)9(3)14-7-10-4-5-11(15(16)17)6-12(10)13/h4-6,8-9,14H,7H2,1-3H3. The van der Waals surface area contributed by atoms with E-state index in [-0.39, 0.29) is 5.69 Å². The summed E-state index contributed by atoms with van der Waals surface area (Å²) < 4.78 is 0.773. The Hall–Kier alpha value is -0.940. The Balaban J connectivity index is 2.70. The van der Waals surface area contributed by atoms with E-state index in [1.165, 1.54) is 12.1 Å². The molecular weight excluding hydrogens is 284 g/mol. The van der Waals surface area contributed by atoms with Crippen LogP contribution in [0.15, 0.2) is 22.7 Å². The Bertz CT molecular complexity index is 407. The molecule has 94 valence electrons. The van der Waals surface area contributed by atoms with Crippen molar-refractivity contribution in [3.63, 3.8) is 0 Å². The summed E-state index contributed by atoms with van der Waals surface area (Å²) in [6, 6.07) is 5.26. The monoisotopic (exact) mass is 300 g/mol. The SMILES string of the molecule is CC(C)C(C)NCc1ccc([N+](=O)[O-])cc1Br. The van der Waals surface area contributed by atoms with Crippen molar-refractivity contribution in [1.29, 1.82) is 0 Å². The minimum atomic E-state index is -0.390. The summed E-state index contributed by atoms with van der Waals surface area (Å²) >= 11 is 3.36. The van der Waals surface area contributed by atoms with Crippen LogP contribution in [0.1, 0.15) is 26.3 Å². The molecule has 0 aromatic heterocycles. The van der Waals surface area contributed by atoms with Gasteiger partial charge in [-0.05, 0) is 24.5 Å². The molecule has 0 radical (unpaired) electrons. The second-order valence-electron chi connectivity index (χ2n) is 4.45. The third-order valence-electron chi connectivity index (χ3n) is 2.86. The van der Waals surface area contributed by atoms with Crippen LogP contribution in [0, 0.1) is 16.0 Å². The molecule has 0 spiro atoms. The van der Waals surface area contributed by atoms with Gasteiger partial charge >= 0.3 is 0 Å². The van der Waals surface area contributed by atoms with Crippen LogP contribution in [-0.2, 0) is 6.54 Å². The first-order valence-electron chi connectivity index (χ1n) is 5.58. The highest BCUT2D eigenvalue weighted by molar-refractivity contribution is 9.10. The predicted molar refractivity (Wildman–Crippen MR) is 71.9 cm³/mol. The molecule has 1 atom stereocenters. The van der Waals surface area contributed by atoms with Crippen LogP contribution in [0.2, 0.25) is 0 Å². The van der Waals surface area contributed by atoms with Gasteiger partial charge in [-0.3, -0.25) is 10.1 Å². The summed E-state index contributed by atoms with van der Waals surface area (Å²) in [5.41, 5.74) is 1.14. The second kappa shape index (κ2) is 6.12. The van der Waals surface area contributed by atoms with Gasteiger partial charge in [0.05, 0.1) is 4.92 Å². The van der Waals surface area contributed by atoms with E-state index in [2.05, 4.69) is 42.0 Å². The van der Waals surface area contributed by atoms with E-state index in [1.807, 2.05) is 0 Å². The van der Waals surface area contributed by atoms with Crippen LogP contribution in [0.5, 0.6) is 0 Å². The predicted octanol–water partition coefficient (Wildman–Crippen LogP) is 3.49. The number of nitro groups is 1. The lowest BCUT2D eigenvalue weighted by Gasteiger charge is -2.17. The van der Waals surface area contributed by atoms with Gasteiger partial charge in [-0.25, -0.2) is 0 Å². The lowest BCUT2D eigenvalue weighted by Crippen LogP contribution is -2.30. The third kappa shape index (κ3) is 4.09. The molecule has 0 amide bonds. The molecule has 0 saturated heterocycles. The summed E-state index contributed by atoms with van der Waals surface area (Å²) in [7, 11) is 0.